The van der Waals surface area contributed by atoms with Crippen LogP contribution in [-0.4, -0.2) is 22.8 Å². The predicted molar refractivity (Wildman–Crippen MR) is 70.3 cm³/mol. The normalized spacial score (nSPS) is 10.4. The van der Waals surface area contributed by atoms with Crippen molar-refractivity contribution in [2.45, 2.75) is 13.0 Å². The summed E-state index contributed by atoms with van der Waals surface area (Å²) >= 11 is 0. The van der Waals surface area contributed by atoms with Gasteiger partial charge < -0.3 is 10.5 Å². The summed E-state index contributed by atoms with van der Waals surface area (Å²) in [6.07, 6.45) is 0.0778. The van der Waals surface area contributed by atoms with Crippen molar-refractivity contribution in [3.8, 4) is 5.75 Å². The van der Waals surface area contributed by atoms with Gasteiger partial charge in [0.05, 0.1) is 19.2 Å². The summed E-state index contributed by atoms with van der Waals surface area (Å²) < 4.78 is 6.14. The highest BCUT2D eigenvalue weighted by molar-refractivity contribution is 5.81. The van der Waals surface area contributed by atoms with E-state index in [9.17, 15) is 9.59 Å². The van der Waals surface area contributed by atoms with Gasteiger partial charge in [0.1, 0.15) is 5.75 Å². The molecule has 0 fully saturated rings. The summed E-state index contributed by atoms with van der Waals surface area (Å²) in [5.41, 5.74) is 6.27. The molecule has 0 saturated carbocycles. The molecule has 0 aliphatic carbocycles. The van der Waals surface area contributed by atoms with Gasteiger partial charge in [-0.25, -0.2) is 0 Å². The lowest BCUT2D eigenvalue weighted by Gasteiger charge is -2.07. The van der Waals surface area contributed by atoms with Crippen molar-refractivity contribution in [2.24, 2.45) is 5.73 Å². The molecule has 2 aromatic rings. The zero-order valence-corrected chi connectivity index (χ0v) is 10.6. The van der Waals surface area contributed by atoms with Crippen molar-refractivity contribution in [1.29, 1.82) is 0 Å². The average Bonchev–Trinajstić information content (AvgIpc) is 2.80. The number of para-hydroxylation sites is 1. The number of hydrogen-bond acceptors (Lipinski definition) is 4. The Morgan fingerprint density at radius 1 is 1.42 bits per heavy atom. The Hall–Kier alpha value is -2.34. The van der Waals surface area contributed by atoms with Gasteiger partial charge in [-0.05, 0) is 6.07 Å². The number of nitrogens with two attached hydrogens (primary N) is 1. The van der Waals surface area contributed by atoms with Gasteiger partial charge in [0.25, 0.3) is 11.5 Å². The second-order valence-electron chi connectivity index (χ2n) is 4.04. The zero-order chi connectivity index (χ0) is 13.8. The monoisotopic (exact) mass is 261 g/mol. The predicted octanol–water partition coefficient (Wildman–Crippen LogP) is 0.527. The molecule has 2 rings (SSSR count). The third-order valence-corrected chi connectivity index (χ3v) is 2.78. The van der Waals surface area contributed by atoms with E-state index in [2.05, 4.69) is 5.10 Å². The number of methoxy groups -OCH3 is 1. The number of benzene rings is 1. The number of aromatic nitrogens is 2. The van der Waals surface area contributed by atoms with E-state index in [1.807, 2.05) is 12.1 Å². The Morgan fingerprint density at radius 2 is 2.16 bits per heavy atom. The summed E-state index contributed by atoms with van der Waals surface area (Å²) in [4.78, 5) is 23.7. The Morgan fingerprint density at radius 3 is 2.79 bits per heavy atom. The Labute approximate surface area is 109 Å². The van der Waals surface area contributed by atoms with Crippen LogP contribution >= 0.6 is 0 Å². The molecule has 0 spiro atoms. The molecule has 0 amide bonds. The second kappa shape index (κ2) is 5.53. The molecule has 0 saturated heterocycles. The molecule has 6 heteroatoms. The Balaban J connectivity index is 2.25. The quantitative estimate of drug-likeness (QED) is 0.839. The van der Waals surface area contributed by atoms with Crippen LogP contribution in [0.1, 0.15) is 16.1 Å². The van der Waals surface area contributed by atoms with Gasteiger partial charge in [0, 0.05) is 18.2 Å². The third kappa shape index (κ3) is 2.74. The molecule has 0 atom stereocenters. The molecule has 3 N–H and O–H groups in total. The number of hydrogen-bond donors (Lipinski definition) is 2. The summed E-state index contributed by atoms with van der Waals surface area (Å²) in [7, 11) is 1.54. The molecule has 6 nitrogen and oxygen atoms in total. The van der Waals surface area contributed by atoms with Crippen molar-refractivity contribution in [3.63, 3.8) is 0 Å². The first-order valence-electron chi connectivity index (χ1n) is 5.82. The van der Waals surface area contributed by atoms with Crippen molar-refractivity contribution in [3.05, 3.63) is 51.9 Å². The van der Waals surface area contributed by atoms with Crippen LogP contribution in [0.2, 0.25) is 0 Å². The van der Waals surface area contributed by atoms with E-state index in [1.165, 1.54) is 13.2 Å². The number of rotatable bonds is 4. The van der Waals surface area contributed by atoms with Crippen LogP contribution in [0.3, 0.4) is 0 Å². The summed E-state index contributed by atoms with van der Waals surface area (Å²) in [5.74, 6) is 0.267. The number of aromatic amines is 1. The first kappa shape index (κ1) is 13.1. The fourth-order valence-electron chi connectivity index (χ4n) is 1.83. The average molecular weight is 261 g/mol. The molecule has 1 aromatic carbocycles. The molecule has 0 aliphatic rings. The van der Waals surface area contributed by atoms with Crippen LogP contribution in [0.5, 0.6) is 5.75 Å². The minimum atomic E-state index is -0.402. The number of H-pyrrole nitrogens is 1. The SMILES string of the molecule is COc1ccccc1CC(=O)n1[nH]c(CN)cc1=O. The van der Waals surface area contributed by atoms with Crippen LogP contribution in [0.25, 0.3) is 0 Å². The van der Waals surface area contributed by atoms with E-state index in [0.29, 0.717) is 11.4 Å². The highest BCUT2D eigenvalue weighted by Crippen LogP contribution is 2.17. The van der Waals surface area contributed by atoms with Gasteiger partial charge in [-0.3, -0.25) is 14.7 Å². The van der Waals surface area contributed by atoms with Crippen LogP contribution in [0, 0.1) is 0 Å². The molecule has 0 bridgehead atoms. The van der Waals surface area contributed by atoms with Crippen molar-refractivity contribution >= 4 is 5.91 Å². The lowest BCUT2D eigenvalue weighted by atomic mass is 10.1. The van der Waals surface area contributed by atoms with Gasteiger partial charge in [-0.2, -0.15) is 4.68 Å². The van der Waals surface area contributed by atoms with Crippen LogP contribution in [0.4, 0.5) is 0 Å². The molecular formula is C13H15N3O3. The molecule has 100 valence electrons. The summed E-state index contributed by atoms with van der Waals surface area (Å²) in [6.45, 7) is 0.185. The second-order valence-corrected chi connectivity index (χ2v) is 4.04. The van der Waals surface area contributed by atoms with Crippen LogP contribution < -0.4 is 16.0 Å². The lowest BCUT2D eigenvalue weighted by Crippen LogP contribution is -2.25. The largest absolute Gasteiger partial charge is 0.496 e. The van der Waals surface area contributed by atoms with Gasteiger partial charge >= 0.3 is 0 Å². The Kier molecular flexibility index (Phi) is 3.82. The fraction of sp³-hybridized carbons (Fsp3) is 0.231. The number of nitrogens with one attached hydrogen (secondary N) is 1. The van der Waals surface area contributed by atoms with E-state index in [1.54, 1.807) is 12.1 Å². The van der Waals surface area contributed by atoms with E-state index >= 15 is 0 Å². The molecule has 0 radical (unpaired) electrons. The maximum Gasteiger partial charge on any atom is 0.273 e. The van der Waals surface area contributed by atoms with Gasteiger partial charge in [-0.1, -0.05) is 18.2 Å². The molecule has 19 heavy (non-hydrogen) atoms. The van der Waals surface area contributed by atoms with E-state index < -0.39 is 5.56 Å². The number of nitrogens with zero attached hydrogens (tertiary/aromatic N) is 1. The van der Waals surface area contributed by atoms with E-state index in [-0.39, 0.29) is 18.9 Å². The number of carbonyl (C=O) groups excluding carboxylic acids is 1. The molecule has 0 aliphatic heterocycles. The highest BCUT2D eigenvalue weighted by atomic mass is 16.5. The maximum atomic E-state index is 12.1. The summed E-state index contributed by atoms with van der Waals surface area (Å²) in [5, 5.41) is 2.68. The third-order valence-electron chi connectivity index (χ3n) is 2.78. The Bertz CT molecular complexity index is 643. The number of carbonyl (C=O) groups is 1. The van der Waals surface area contributed by atoms with Crippen molar-refractivity contribution in [2.75, 3.05) is 7.11 Å². The van der Waals surface area contributed by atoms with E-state index in [4.69, 9.17) is 10.5 Å². The van der Waals surface area contributed by atoms with Crippen LogP contribution in [0.15, 0.2) is 35.1 Å². The maximum absolute atomic E-state index is 12.1. The van der Waals surface area contributed by atoms with Gasteiger partial charge in [0.2, 0.25) is 0 Å². The molecule has 1 heterocycles. The topological polar surface area (TPSA) is 90.1 Å². The lowest BCUT2D eigenvalue weighted by molar-refractivity contribution is 0.0893. The summed E-state index contributed by atoms with van der Waals surface area (Å²) in [6, 6.07) is 8.51. The van der Waals surface area contributed by atoms with E-state index in [0.717, 1.165) is 10.2 Å². The standard InChI is InChI=1S/C13H15N3O3/c1-19-11-5-3-2-4-9(11)6-12(17)16-13(18)7-10(8-14)15-16/h2-5,7,15H,6,8,14H2,1H3. The van der Waals surface area contributed by atoms with Crippen LogP contribution in [-0.2, 0) is 13.0 Å². The highest BCUT2D eigenvalue weighted by Gasteiger charge is 2.13. The smallest absolute Gasteiger partial charge is 0.273 e. The minimum Gasteiger partial charge on any atom is -0.496 e. The minimum absolute atomic E-state index is 0.0778. The molecular weight excluding hydrogens is 246 g/mol. The first-order valence-corrected chi connectivity index (χ1v) is 5.82. The molecule has 1 aromatic heterocycles. The van der Waals surface area contributed by atoms with Crippen molar-refractivity contribution < 1.29 is 9.53 Å². The fourth-order valence-corrected chi connectivity index (χ4v) is 1.83. The zero-order valence-electron chi connectivity index (χ0n) is 10.6. The number of ether oxygens (including phenoxy) is 1. The van der Waals surface area contributed by atoms with Gasteiger partial charge in [-0.15, -0.1) is 0 Å². The van der Waals surface area contributed by atoms with Crippen molar-refractivity contribution in [1.82, 2.24) is 9.78 Å². The van der Waals surface area contributed by atoms with Gasteiger partial charge in [0.15, 0.2) is 0 Å². The first-order chi connectivity index (χ1) is 9.15. The molecule has 0 unspecified atom stereocenters.